The highest BCUT2D eigenvalue weighted by Gasteiger charge is 2.27. The molecule has 2 aromatic rings. The summed E-state index contributed by atoms with van der Waals surface area (Å²) >= 11 is 0. The molecule has 0 aliphatic rings. The summed E-state index contributed by atoms with van der Waals surface area (Å²) in [4.78, 5) is 4.45. The Morgan fingerprint density at radius 3 is 2.75 bits per heavy atom. The van der Waals surface area contributed by atoms with Crippen LogP contribution in [0.1, 0.15) is 5.82 Å². The van der Waals surface area contributed by atoms with Gasteiger partial charge in [-0.3, -0.25) is 0 Å². The van der Waals surface area contributed by atoms with Crippen molar-refractivity contribution in [1.82, 2.24) is 14.9 Å². The molecule has 2 rings (SSSR count). The van der Waals surface area contributed by atoms with Crippen LogP contribution in [0.5, 0.6) is 0 Å². The van der Waals surface area contributed by atoms with Crippen LogP contribution in [-0.2, 0) is 18.3 Å². The highest BCUT2D eigenvalue weighted by molar-refractivity contribution is 5.75. The number of nitrogens with zero attached hydrogens (tertiary/aromatic N) is 2. The molecule has 1 aromatic carbocycles. The van der Waals surface area contributed by atoms with E-state index in [4.69, 9.17) is 0 Å². The van der Waals surface area contributed by atoms with Crippen LogP contribution in [0.4, 0.5) is 13.2 Å². The van der Waals surface area contributed by atoms with Crippen molar-refractivity contribution in [1.29, 1.82) is 0 Å². The van der Waals surface area contributed by atoms with Crippen LogP contribution < -0.4 is 5.32 Å². The van der Waals surface area contributed by atoms with E-state index in [1.54, 1.807) is 0 Å². The highest BCUT2D eigenvalue weighted by Crippen LogP contribution is 2.14. The molecule has 0 amide bonds. The molecule has 4 nitrogen and oxygen atoms in total. The topological polar surface area (TPSA) is 39.1 Å². The van der Waals surface area contributed by atoms with E-state index in [2.05, 4.69) is 15.0 Å². The van der Waals surface area contributed by atoms with Gasteiger partial charge in [0, 0.05) is 13.6 Å². The lowest BCUT2D eigenvalue weighted by Gasteiger charge is -2.08. The number of halogens is 3. The zero-order valence-corrected chi connectivity index (χ0v) is 11.1. The second-order valence-electron chi connectivity index (χ2n) is 4.42. The molecular formula is C13H16F3N3O. The number of hydrogen-bond acceptors (Lipinski definition) is 3. The predicted molar refractivity (Wildman–Crippen MR) is 69.3 cm³/mol. The Kier molecular flexibility index (Phi) is 4.61. The van der Waals surface area contributed by atoms with E-state index in [9.17, 15) is 13.2 Å². The molecule has 0 aliphatic carbocycles. The van der Waals surface area contributed by atoms with Crippen molar-refractivity contribution in [2.75, 3.05) is 19.8 Å². The Morgan fingerprint density at radius 2 is 2.05 bits per heavy atom. The third-order valence-corrected chi connectivity index (χ3v) is 2.85. The molecule has 0 saturated carbocycles. The summed E-state index contributed by atoms with van der Waals surface area (Å²) in [5, 5.41) is 3.01. The molecule has 0 aliphatic heterocycles. The van der Waals surface area contributed by atoms with Gasteiger partial charge >= 0.3 is 6.18 Å². The van der Waals surface area contributed by atoms with E-state index in [1.165, 1.54) is 0 Å². The van der Waals surface area contributed by atoms with Crippen LogP contribution in [-0.4, -0.2) is 35.5 Å². The summed E-state index contributed by atoms with van der Waals surface area (Å²) in [6, 6.07) is 7.74. The average Bonchev–Trinajstić information content (AvgIpc) is 2.70. The fraction of sp³-hybridized carbons (Fsp3) is 0.462. The van der Waals surface area contributed by atoms with Crippen molar-refractivity contribution < 1.29 is 17.9 Å². The van der Waals surface area contributed by atoms with Crippen LogP contribution in [0.3, 0.4) is 0 Å². The van der Waals surface area contributed by atoms with Gasteiger partial charge in [0.25, 0.3) is 0 Å². The maximum atomic E-state index is 11.8. The summed E-state index contributed by atoms with van der Waals surface area (Å²) in [5.74, 6) is 0.835. The third kappa shape index (κ3) is 3.94. The van der Waals surface area contributed by atoms with Crippen molar-refractivity contribution >= 4 is 11.0 Å². The molecule has 0 spiro atoms. The number of aromatic nitrogens is 2. The van der Waals surface area contributed by atoms with E-state index in [0.29, 0.717) is 13.1 Å². The molecule has 7 heteroatoms. The van der Waals surface area contributed by atoms with E-state index in [1.807, 2.05) is 35.9 Å². The van der Waals surface area contributed by atoms with E-state index >= 15 is 0 Å². The Labute approximate surface area is 114 Å². The van der Waals surface area contributed by atoms with E-state index in [0.717, 1.165) is 16.9 Å². The number of aryl methyl sites for hydroxylation is 1. The van der Waals surface area contributed by atoms with Crippen molar-refractivity contribution in [2.45, 2.75) is 12.7 Å². The number of hydrogen-bond donors (Lipinski definition) is 1. The fourth-order valence-corrected chi connectivity index (χ4v) is 1.89. The normalized spacial score (nSPS) is 12.2. The second-order valence-corrected chi connectivity index (χ2v) is 4.42. The van der Waals surface area contributed by atoms with Crippen molar-refractivity contribution in [3.05, 3.63) is 30.1 Å². The van der Waals surface area contributed by atoms with Crippen LogP contribution in [0.2, 0.25) is 0 Å². The number of nitrogens with one attached hydrogen (secondary N) is 1. The molecule has 20 heavy (non-hydrogen) atoms. The number of alkyl halides is 3. The quantitative estimate of drug-likeness (QED) is 0.828. The minimum absolute atomic E-state index is 0.0173. The van der Waals surface area contributed by atoms with E-state index < -0.39 is 12.8 Å². The highest BCUT2D eigenvalue weighted by atomic mass is 19.4. The standard InChI is InChI=1S/C13H16F3N3O/c1-19-11-5-3-2-4-10(11)18-12(19)8-17-6-7-20-9-13(14,15)16/h2-5,17H,6-9H2,1H3. The summed E-state index contributed by atoms with van der Waals surface area (Å²) in [6.07, 6.45) is -4.27. The third-order valence-electron chi connectivity index (χ3n) is 2.85. The number of imidazole rings is 1. The lowest BCUT2D eigenvalue weighted by Crippen LogP contribution is -2.24. The number of rotatable bonds is 6. The molecule has 0 radical (unpaired) electrons. The zero-order valence-electron chi connectivity index (χ0n) is 11.1. The van der Waals surface area contributed by atoms with E-state index in [-0.39, 0.29) is 6.61 Å². The zero-order chi connectivity index (χ0) is 14.6. The fourth-order valence-electron chi connectivity index (χ4n) is 1.89. The number of ether oxygens (including phenoxy) is 1. The Hall–Kier alpha value is -1.60. The molecular weight excluding hydrogens is 271 g/mol. The first-order chi connectivity index (χ1) is 9.47. The molecule has 1 N–H and O–H groups in total. The van der Waals surface area contributed by atoms with Crippen LogP contribution in [0.15, 0.2) is 24.3 Å². The molecule has 0 saturated heterocycles. The molecule has 0 unspecified atom stereocenters. The summed E-state index contributed by atoms with van der Waals surface area (Å²) in [7, 11) is 1.91. The number of para-hydroxylation sites is 2. The SMILES string of the molecule is Cn1c(CNCCOCC(F)(F)F)nc2ccccc21. The lowest BCUT2D eigenvalue weighted by atomic mass is 10.3. The maximum Gasteiger partial charge on any atom is 0.411 e. The minimum atomic E-state index is -4.27. The van der Waals surface area contributed by atoms with Gasteiger partial charge in [-0.25, -0.2) is 4.98 Å². The van der Waals surface area contributed by atoms with Gasteiger partial charge in [0.15, 0.2) is 0 Å². The van der Waals surface area contributed by atoms with Crippen LogP contribution in [0.25, 0.3) is 11.0 Å². The monoisotopic (exact) mass is 287 g/mol. The van der Waals surface area contributed by atoms with Gasteiger partial charge < -0.3 is 14.6 Å². The summed E-state index contributed by atoms with van der Waals surface area (Å²) < 4.78 is 42.0. The Balaban J connectivity index is 1.77. The Morgan fingerprint density at radius 1 is 1.30 bits per heavy atom. The molecule has 1 aromatic heterocycles. The molecule has 110 valence electrons. The van der Waals surface area contributed by atoms with Crippen molar-refractivity contribution in [3.8, 4) is 0 Å². The maximum absolute atomic E-state index is 11.8. The predicted octanol–water partition coefficient (Wildman–Crippen LogP) is 2.24. The van der Waals surface area contributed by atoms with Crippen molar-refractivity contribution in [3.63, 3.8) is 0 Å². The van der Waals surface area contributed by atoms with Gasteiger partial charge in [-0.05, 0) is 12.1 Å². The molecule has 0 bridgehead atoms. The first-order valence-corrected chi connectivity index (χ1v) is 6.23. The van der Waals surface area contributed by atoms with Crippen LogP contribution >= 0.6 is 0 Å². The summed E-state index contributed by atoms with van der Waals surface area (Å²) in [6.45, 7) is -0.357. The first-order valence-electron chi connectivity index (χ1n) is 6.23. The van der Waals surface area contributed by atoms with Gasteiger partial charge in [-0.1, -0.05) is 12.1 Å². The molecule has 0 fully saturated rings. The van der Waals surface area contributed by atoms with Gasteiger partial charge in [-0.2, -0.15) is 13.2 Å². The average molecular weight is 287 g/mol. The smallest absolute Gasteiger partial charge is 0.371 e. The Bertz CT molecular complexity index is 565. The number of benzene rings is 1. The first kappa shape index (κ1) is 14.8. The largest absolute Gasteiger partial charge is 0.411 e. The van der Waals surface area contributed by atoms with Gasteiger partial charge in [0.2, 0.25) is 0 Å². The van der Waals surface area contributed by atoms with Crippen molar-refractivity contribution in [2.24, 2.45) is 7.05 Å². The van der Waals surface area contributed by atoms with Gasteiger partial charge in [0.1, 0.15) is 12.4 Å². The second kappa shape index (κ2) is 6.23. The minimum Gasteiger partial charge on any atom is -0.371 e. The van der Waals surface area contributed by atoms with Gasteiger partial charge in [0.05, 0.1) is 24.2 Å². The summed E-state index contributed by atoms with van der Waals surface area (Å²) in [5.41, 5.74) is 1.93. The number of fused-ring (bicyclic) bond motifs is 1. The van der Waals surface area contributed by atoms with Crippen LogP contribution in [0, 0.1) is 0 Å². The lowest BCUT2D eigenvalue weighted by molar-refractivity contribution is -0.173. The molecule has 1 heterocycles. The molecule has 0 atom stereocenters. The van der Waals surface area contributed by atoms with Gasteiger partial charge in [-0.15, -0.1) is 0 Å².